The molecule has 0 aliphatic rings. The van der Waals surface area contributed by atoms with Crippen molar-refractivity contribution in [3.8, 4) is 0 Å². The van der Waals surface area contributed by atoms with Gasteiger partial charge in [-0.25, -0.2) is 4.79 Å². The number of halogens is 1. The van der Waals surface area contributed by atoms with Gasteiger partial charge in [0.2, 0.25) is 0 Å². The number of anilines is 1. The van der Waals surface area contributed by atoms with Gasteiger partial charge in [0, 0.05) is 22.0 Å². The monoisotopic (exact) mass is 303 g/mol. The molecule has 88 valence electrons. The fourth-order valence-electron chi connectivity index (χ4n) is 1.32. The molecular weight excluding hydrogens is 290 g/mol. The second-order valence-corrected chi connectivity index (χ2v) is 5.27. The number of benzene rings is 1. The Hall–Kier alpha value is -0.680. The molecule has 16 heavy (non-hydrogen) atoms. The number of carboxylic acid groups (broad SMARTS) is 1. The van der Waals surface area contributed by atoms with E-state index in [-0.39, 0.29) is 5.56 Å². The molecule has 0 bridgehead atoms. The van der Waals surface area contributed by atoms with Crippen LogP contribution in [0.1, 0.15) is 17.3 Å². The Labute approximate surface area is 108 Å². The van der Waals surface area contributed by atoms with E-state index >= 15 is 0 Å². The molecule has 1 atom stereocenters. The SMILES string of the molecule is CSCC(C)Nc1ccc(C(=O)O)cc1Br. The summed E-state index contributed by atoms with van der Waals surface area (Å²) >= 11 is 5.13. The standard InChI is InChI=1S/C11H14BrNO2S/c1-7(6-16-2)13-10-4-3-8(11(14)15)5-9(10)12/h3-5,7,13H,6H2,1-2H3,(H,14,15). The van der Waals surface area contributed by atoms with E-state index in [9.17, 15) is 4.79 Å². The first-order valence-electron chi connectivity index (χ1n) is 4.83. The third-order valence-corrected chi connectivity index (χ3v) is 3.52. The molecule has 2 N–H and O–H groups in total. The number of nitrogens with one attached hydrogen (secondary N) is 1. The number of aromatic carboxylic acids is 1. The number of thioether (sulfide) groups is 1. The van der Waals surface area contributed by atoms with Crippen molar-refractivity contribution in [1.29, 1.82) is 0 Å². The summed E-state index contributed by atoms with van der Waals surface area (Å²) in [6.45, 7) is 2.09. The van der Waals surface area contributed by atoms with Gasteiger partial charge < -0.3 is 10.4 Å². The smallest absolute Gasteiger partial charge is 0.335 e. The van der Waals surface area contributed by atoms with Crippen molar-refractivity contribution in [2.75, 3.05) is 17.3 Å². The second kappa shape index (κ2) is 6.15. The summed E-state index contributed by atoms with van der Waals surface area (Å²) in [5.41, 5.74) is 1.21. The first-order valence-corrected chi connectivity index (χ1v) is 7.01. The van der Waals surface area contributed by atoms with Crippen LogP contribution in [0, 0.1) is 0 Å². The molecule has 0 amide bonds. The lowest BCUT2D eigenvalue weighted by molar-refractivity contribution is 0.0697. The largest absolute Gasteiger partial charge is 0.478 e. The third-order valence-electron chi connectivity index (χ3n) is 2.03. The molecule has 0 aliphatic carbocycles. The third kappa shape index (κ3) is 3.72. The molecule has 5 heteroatoms. The van der Waals surface area contributed by atoms with E-state index in [1.165, 1.54) is 0 Å². The predicted molar refractivity (Wildman–Crippen MR) is 72.6 cm³/mol. The zero-order valence-corrected chi connectivity index (χ0v) is 11.6. The molecule has 0 radical (unpaired) electrons. The van der Waals surface area contributed by atoms with Gasteiger partial charge in [-0.3, -0.25) is 0 Å². The first-order chi connectivity index (χ1) is 7.54. The minimum Gasteiger partial charge on any atom is -0.478 e. The summed E-state index contributed by atoms with van der Waals surface area (Å²) in [5, 5.41) is 12.1. The Balaban J connectivity index is 2.79. The van der Waals surface area contributed by atoms with Crippen LogP contribution in [0.15, 0.2) is 22.7 Å². The molecule has 1 unspecified atom stereocenters. The van der Waals surface area contributed by atoms with Gasteiger partial charge in [0.25, 0.3) is 0 Å². The Kier molecular flexibility index (Phi) is 5.15. The van der Waals surface area contributed by atoms with E-state index in [0.717, 1.165) is 15.9 Å². The number of carboxylic acids is 1. The van der Waals surface area contributed by atoms with Crippen molar-refractivity contribution >= 4 is 39.3 Å². The highest BCUT2D eigenvalue weighted by Crippen LogP contribution is 2.24. The van der Waals surface area contributed by atoms with E-state index in [0.29, 0.717) is 6.04 Å². The van der Waals surface area contributed by atoms with Gasteiger partial charge in [-0.1, -0.05) is 0 Å². The van der Waals surface area contributed by atoms with Crippen molar-refractivity contribution < 1.29 is 9.90 Å². The summed E-state index contributed by atoms with van der Waals surface area (Å²) in [6.07, 6.45) is 2.06. The quantitative estimate of drug-likeness (QED) is 0.876. The highest BCUT2D eigenvalue weighted by molar-refractivity contribution is 9.10. The van der Waals surface area contributed by atoms with E-state index in [2.05, 4.69) is 34.4 Å². The molecule has 0 fully saturated rings. The minimum atomic E-state index is -0.913. The highest BCUT2D eigenvalue weighted by atomic mass is 79.9. The number of hydrogen-bond donors (Lipinski definition) is 2. The van der Waals surface area contributed by atoms with Gasteiger partial charge in [0.1, 0.15) is 0 Å². The first kappa shape index (κ1) is 13.4. The summed E-state index contributed by atoms with van der Waals surface area (Å²) in [5.74, 6) is 0.0945. The molecule has 1 rings (SSSR count). The lowest BCUT2D eigenvalue weighted by atomic mass is 10.2. The van der Waals surface area contributed by atoms with E-state index in [4.69, 9.17) is 5.11 Å². The zero-order valence-electron chi connectivity index (χ0n) is 9.16. The molecule has 3 nitrogen and oxygen atoms in total. The van der Waals surface area contributed by atoms with E-state index in [1.807, 2.05) is 0 Å². The Morgan fingerprint density at radius 1 is 1.62 bits per heavy atom. The summed E-state index contributed by atoms with van der Waals surface area (Å²) < 4.78 is 0.778. The number of rotatable bonds is 5. The van der Waals surface area contributed by atoms with Crippen LogP contribution in [-0.4, -0.2) is 29.1 Å². The van der Waals surface area contributed by atoms with Crippen LogP contribution in [0.5, 0.6) is 0 Å². The van der Waals surface area contributed by atoms with Crippen molar-refractivity contribution in [3.05, 3.63) is 28.2 Å². The average molecular weight is 304 g/mol. The van der Waals surface area contributed by atoms with Gasteiger partial charge in [-0.05, 0) is 47.3 Å². The molecule has 1 aromatic rings. The van der Waals surface area contributed by atoms with Crippen LogP contribution < -0.4 is 5.32 Å². The maximum Gasteiger partial charge on any atom is 0.335 e. The van der Waals surface area contributed by atoms with Crippen molar-refractivity contribution in [2.45, 2.75) is 13.0 Å². The lowest BCUT2D eigenvalue weighted by Gasteiger charge is -2.15. The summed E-state index contributed by atoms with van der Waals surface area (Å²) in [6, 6.07) is 5.34. The molecular formula is C11H14BrNO2S. The van der Waals surface area contributed by atoms with E-state index in [1.54, 1.807) is 30.0 Å². The maximum absolute atomic E-state index is 10.7. The van der Waals surface area contributed by atoms with Crippen molar-refractivity contribution in [3.63, 3.8) is 0 Å². The van der Waals surface area contributed by atoms with Gasteiger partial charge in [-0.15, -0.1) is 0 Å². The molecule has 1 aromatic carbocycles. The topological polar surface area (TPSA) is 49.3 Å². The lowest BCUT2D eigenvalue weighted by Crippen LogP contribution is -2.18. The van der Waals surface area contributed by atoms with Gasteiger partial charge in [0.05, 0.1) is 5.56 Å². The van der Waals surface area contributed by atoms with Gasteiger partial charge in [-0.2, -0.15) is 11.8 Å². The van der Waals surface area contributed by atoms with Crippen LogP contribution in [0.3, 0.4) is 0 Å². The van der Waals surface area contributed by atoms with Gasteiger partial charge >= 0.3 is 5.97 Å². The van der Waals surface area contributed by atoms with Crippen LogP contribution >= 0.6 is 27.7 Å². The molecule has 0 spiro atoms. The Morgan fingerprint density at radius 3 is 2.81 bits per heavy atom. The highest BCUT2D eigenvalue weighted by Gasteiger charge is 2.08. The average Bonchev–Trinajstić information content (AvgIpc) is 2.21. The van der Waals surface area contributed by atoms with Crippen molar-refractivity contribution in [1.82, 2.24) is 0 Å². The van der Waals surface area contributed by atoms with E-state index < -0.39 is 5.97 Å². The normalized spacial score (nSPS) is 12.2. The summed E-state index contributed by atoms with van der Waals surface area (Å²) in [4.78, 5) is 10.7. The fourth-order valence-corrected chi connectivity index (χ4v) is 2.40. The Bertz CT molecular complexity index is 384. The molecule has 0 aromatic heterocycles. The molecule has 0 saturated heterocycles. The Morgan fingerprint density at radius 2 is 2.31 bits per heavy atom. The molecule has 0 saturated carbocycles. The maximum atomic E-state index is 10.7. The van der Waals surface area contributed by atoms with Crippen molar-refractivity contribution in [2.24, 2.45) is 0 Å². The molecule has 0 heterocycles. The van der Waals surface area contributed by atoms with Crippen LogP contribution in [0.4, 0.5) is 5.69 Å². The minimum absolute atomic E-state index is 0.287. The van der Waals surface area contributed by atoms with Crippen LogP contribution in [0.25, 0.3) is 0 Å². The number of carbonyl (C=O) groups is 1. The number of hydrogen-bond acceptors (Lipinski definition) is 3. The predicted octanol–water partition coefficient (Wildman–Crippen LogP) is 3.31. The fraction of sp³-hybridized carbons (Fsp3) is 0.364. The molecule has 0 aliphatic heterocycles. The zero-order chi connectivity index (χ0) is 12.1. The summed E-state index contributed by atoms with van der Waals surface area (Å²) in [7, 11) is 0. The second-order valence-electron chi connectivity index (χ2n) is 3.50. The van der Waals surface area contributed by atoms with Crippen LogP contribution in [-0.2, 0) is 0 Å². The van der Waals surface area contributed by atoms with Crippen LogP contribution in [0.2, 0.25) is 0 Å². The van der Waals surface area contributed by atoms with Gasteiger partial charge in [0.15, 0.2) is 0 Å².